The van der Waals surface area contributed by atoms with Crippen LogP contribution in [0, 0.1) is 5.82 Å². The highest BCUT2D eigenvalue weighted by Crippen LogP contribution is 2.12. The summed E-state index contributed by atoms with van der Waals surface area (Å²) in [5.41, 5.74) is 1.74. The molecule has 3 aromatic rings. The molecule has 128 valence electrons. The molecular formula is C18H17FN4O2. The summed E-state index contributed by atoms with van der Waals surface area (Å²) in [6, 6.07) is 15.2. The molecule has 2 aromatic carbocycles. The molecule has 0 radical (unpaired) electrons. The van der Waals surface area contributed by atoms with E-state index in [4.69, 9.17) is 0 Å². The van der Waals surface area contributed by atoms with Gasteiger partial charge in [0.2, 0.25) is 0 Å². The number of hydrogen-bond acceptors (Lipinski definition) is 4. The van der Waals surface area contributed by atoms with Crippen molar-refractivity contribution >= 4 is 5.91 Å². The van der Waals surface area contributed by atoms with E-state index in [1.165, 1.54) is 24.3 Å². The zero-order valence-corrected chi connectivity index (χ0v) is 13.3. The van der Waals surface area contributed by atoms with Crippen molar-refractivity contribution in [2.45, 2.75) is 12.6 Å². The Morgan fingerprint density at radius 1 is 1.16 bits per heavy atom. The minimum atomic E-state index is -0.927. The van der Waals surface area contributed by atoms with Crippen LogP contribution in [0.1, 0.15) is 27.7 Å². The number of carbonyl (C=O) groups is 1. The van der Waals surface area contributed by atoms with Crippen molar-refractivity contribution in [3.05, 3.63) is 83.4 Å². The van der Waals surface area contributed by atoms with Gasteiger partial charge in [0.25, 0.3) is 5.91 Å². The summed E-state index contributed by atoms with van der Waals surface area (Å²) in [5.74, 6) is -0.810. The smallest absolute Gasteiger partial charge is 0.273 e. The number of aliphatic hydroxyl groups is 1. The minimum absolute atomic E-state index is 0.00396. The summed E-state index contributed by atoms with van der Waals surface area (Å²) >= 11 is 0. The van der Waals surface area contributed by atoms with Crippen molar-refractivity contribution in [1.29, 1.82) is 0 Å². The van der Waals surface area contributed by atoms with Crippen LogP contribution in [0.3, 0.4) is 0 Å². The summed E-state index contributed by atoms with van der Waals surface area (Å²) in [5, 5.41) is 20.4. The Bertz CT molecular complexity index is 834. The van der Waals surface area contributed by atoms with E-state index in [-0.39, 0.29) is 18.1 Å². The lowest BCUT2D eigenvalue weighted by Gasteiger charge is -2.11. The van der Waals surface area contributed by atoms with Gasteiger partial charge in [-0.2, -0.15) is 0 Å². The van der Waals surface area contributed by atoms with Crippen LogP contribution in [-0.2, 0) is 6.54 Å². The molecule has 0 saturated heterocycles. The van der Waals surface area contributed by atoms with E-state index in [2.05, 4.69) is 15.6 Å². The molecular weight excluding hydrogens is 323 g/mol. The summed E-state index contributed by atoms with van der Waals surface area (Å²) in [6.45, 7) is 0.509. The number of rotatable bonds is 6. The number of hydrogen-bond donors (Lipinski definition) is 2. The first-order valence-electron chi connectivity index (χ1n) is 7.77. The van der Waals surface area contributed by atoms with Gasteiger partial charge in [-0.25, -0.2) is 9.07 Å². The molecule has 1 heterocycles. The van der Waals surface area contributed by atoms with Crippen LogP contribution in [-0.4, -0.2) is 32.6 Å². The third-order valence-electron chi connectivity index (χ3n) is 3.67. The first-order valence-corrected chi connectivity index (χ1v) is 7.77. The maximum atomic E-state index is 12.9. The van der Waals surface area contributed by atoms with Gasteiger partial charge >= 0.3 is 0 Å². The molecule has 0 aliphatic carbocycles. The SMILES string of the molecule is O=C(NCC(O)c1ccc(F)cc1)c1cn(Cc2ccccc2)nn1. The van der Waals surface area contributed by atoms with Crippen molar-refractivity contribution in [3.8, 4) is 0 Å². The van der Waals surface area contributed by atoms with Crippen LogP contribution in [0.2, 0.25) is 0 Å². The third-order valence-corrected chi connectivity index (χ3v) is 3.67. The van der Waals surface area contributed by atoms with Crippen LogP contribution in [0.4, 0.5) is 4.39 Å². The fourth-order valence-electron chi connectivity index (χ4n) is 2.33. The van der Waals surface area contributed by atoms with Crippen molar-refractivity contribution in [3.63, 3.8) is 0 Å². The number of nitrogens with one attached hydrogen (secondary N) is 1. The molecule has 0 aliphatic heterocycles. The lowest BCUT2D eigenvalue weighted by atomic mass is 10.1. The van der Waals surface area contributed by atoms with Gasteiger partial charge in [-0.1, -0.05) is 47.7 Å². The zero-order valence-electron chi connectivity index (χ0n) is 13.3. The van der Waals surface area contributed by atoms with Gasteiger partial charge in [-0.3, -0.25) is 4.79 Å². The molecule has 2 N–H and O–H groups in total. The predicted octanol–water partition coefficient (Wildman–Crippen LogP) is 1.93. The van der Waals surface area contributed by atoms with Gasteiger partial charge in [0, 0.05) is 6.54 Å². The molecule has 1 atom stereocenters. The number of aromatic nitrogens is 3. The average molecular weight is 340 g/mol. The monoisotopic (exact) mass is 340 g/mol. The van der Waals surface area contributed by atoms with Crippen LogP contribution < -0.4 is 5.32 Å². The van der Waals surface area contributed by atoms with E-state index in [9.17, 15) is 14.3 Å². The molecule has 6 nitrogen and oxygen atoms in total. The molecule has 0 bridgehead atoms. The lowest BCUT2D eigenvalue weighted by Crippen LogP contribution is -2.28. The predicted molar refractivity (Wildman–Crippen MR) is 89.3 cm³/mol. The summed E-state index contributed by atoms with van der Waals surface area (Å²) in [4.78, 5) is 12.1. The number of halogens is 1. The molecule has 0 spiro atoms. The Morgan fingerprint density at radius 3 is 2.60 bits per heavy atom. The first kappa shape index (κ1) is 16.8. The topological polar surface area (TPSA) is 80.0 Å². The maximum Gasteiger partial charge on any atom is 0.273 e. The Labute approximate surface area is 143 Å². The first-order chi connectivity index (χ1) is 12.1. The third kappa shape index (κ3) is 4.48. The van der Waals surface area contributed by atoms with Crippen molar-refractivity contribution in [2.75, 3.05) is 6.54 Å². The Hall–Kier alpha value is -3.06. The number of aliphatic hydroxyl groups excluding tert-OH is 1. The minimum Gasteiger partial charge on any atom is -0.387 e. The number of carbonyl (C=O) groups excluding carboxylic acids is 1. The van der Waals surface area contributed by atoms with Gasteiger partial charge in [0.1, 0.15) is 5.82 Å². The van der Waals surface area contributed by atoms with Gasteiger partial charge in [0.05, 0.1) is 18.8 Å². The van der Waals surface area contributed by atoms with Crippen LogP contribution >= 0.6 is 0 Å². The highest BCUT2D eigenvalue weighted by Gasteiger charge is 2.14. The number of benzene rings is 2. The highest BCUT2D eigenvalue weighted by atomic mass is 19.1. The summed E-state index contributed by atoms with van der Waals surface area (Å²) in [6.07, 6.45) is 0.621. The molecule has 0 saturated carbocycles. The van der Waals surface area contributed by atoms with Gasteiger partial charge in [-0.05, 0) is 23.3 Å². The molecule has 1 amide bonds. The fraction of sp³-hybridized carbons (Fsp3) is 0.167. The van der Waals surface area contributed by atoms with E-state index < -0.39 is 12.0 Å². The molecule has 0 fully saturated rings. The Balaban J connectivity index is 1.55. The number of nitrogens with zero attached hydrogens (tertiary/aromatic N) is 3. The summed E-state index contributed by atoms with van der Waals surface area (Å²) in [7, 11) is 0. The maximum absolute atomic E-state index is 12.9. The fourth-order valence-corrected chi connectivity index (χ4v) is 2.33. The second-order valence-electron chi connectivity index (χ2n) is 5.56. The molecule has 3 rings (SSSR count). The molecule has 0 aliphatic rings. The van der Waals surface area contributed by atoms with Crippen molar-refractivity contribution < 1.29 is 14.3 Å². The van der Waals surface area contributed by atoms with Crippen LogP contribution in [0.15, 0.2) is 60.8 Å². The average Bonchev–Trinajstić information content (AvgIpc) is 3.09. The van der Waals surface area contributed by atoms with Gasteiger partial charge < -0.3 is 10.4 Å². The normalized spacial score (nSPS) is 11.9. The van der Waals surface area contributed by atoms with Gasteiger partial charge in [0.15, 0.2) is 5.69 Å². The lowest BCUT2D eigenvalue weighted by molar-refractivity contribution is 0.0911. The summed E-state index contributed by atoms with van der Waals surface area (Å²) < 4.78 is 14.4. The Kier molecular flexibility index (Phi) is 5.15. The van der Waals surface area contributed by atoms with E-state index in [1.54, 1.807) is 10.9 Å². The van der Waals surface area contributed by atoms with E-state index in [0.29, 0.717) is 12.1 Å². The van der Waals surface area contributed by atoms with Crippen molar-refractivity contribution in [2.24, 2.45) is 0 Å². The Morgan fingerprint density at radius 2 is 1.88 bits per heavy atom. The number of amides is 1. The molecule has 1 aromatic heterocycles. The largest absolute Gasteiger partial charge is 0.387 e. The van der Waals surface area contributed by atoms with Crippen LogP contribution in [0.5, 0.6) is 0 Å². The quantitative estimate of drug-likeness (QED) is 0.718. The van der Waals surface area contributed by atoms with E-state index >= 15 is 0 Å². The highest BCUT2D eigenvalue weighted by molar-refractivity contribution is 5.91. The zero-order chi connectivity index (χ0) is 17.6. The molecule has 25 heavy (non-hydrogen) atoms. The second-order valence-corrected chi connectivity index (χ2v) is 5.56. The van der Waals surface area contributed by atoms with E-state index in [1.807, 2.05) is 30.3 Å². The standard InChI is InChI=1S/C18H17FN4O2/c19-15-8-6-14(7-9-15)17(24)10-20-18(25)16-12-23(22-21-16)11-13-4-2-1-3-5-13/h1-9,12,17,24H,10-11H2,(H,20,25). The molecule has 7 heteroatoms. The second kappa shape index (κ2) is 7.67. The van der Waals surface area contributed by atoms with E-state index in [0.717, 1.165) is 5.56 Å². The van der Waals surface area contributed by atoms with Gasteiger partial charge in [-0.15, -0.1) is 5.10 Å². The molecule has 1 unspecified atom stereocenters. The van der Waals surface area contributed by atoms with Crippen molar-refractivity contribution in [1.82, 2.24) is 20.3 Å². The van der Waals surface area contributed by atoms with Crippen LogP contribution in [0.25, 0.3) is 0 Å².